The summed E-state index contributed by atoms with van der Waals surface area (Å²) in [6.45, 7) is 5.01. The molecule has 0 radical (unpaired) electrons. The van der Waals surface area contributed by atoms with Crippen molar-refractivity contribution in [1.82, 2.24) is 9.47 Å². The van der Waals surface area contributed by atoms with E-state index in [9.17, 15) is 14.9 Å². The van der Waals surface area contributed by atoms with Gasteiger partial charge in [0.2, 0.25) is 6.79 Å². The van der Waals surface area contributed by atoms with Crippen molar-refractivity contribution in [2.75, 3.05) is 32.9 Å². The predicted molar refractivity (Wildman–Crippen MR) is 173 cm³/mol. The molecule has 0 spiro atoms. The normalized spacial score (nSPS) is 14.7. The molecule has 2 aliphatic heterocycles. The number of fused-ring (bicyclic) bond motifs is 1. The van der Waals surface area contributed by atoms with E-state index in [1.165, 1.54) is 11.8 Å². The van der Waals surface area contributed by atoms with Gasteiger partial charge >= 0.3 is 0 Å². The van der Waals surface area contributed by atoms with Crippen LogP contribution in [0.5, 0.6) is 23.0 Å². The third-order valence-corrected chi connectivity index (χ3v) is 8.82. The first kappa shape index (κ1) is 31.0. The summed E-state index contributed by atoms with van der Waals surface area (Å²) in [7, 11) is 3.16. The number of nitrogens with one attached hydrogen (secondary N) is 1. The van der Waals surface area contributed by atoms with Crippen LogP contribution < -0.4 is 29.8 Å². The standard InChI is InChI=1S/C32H32N4O6S2/c1-5-11-35-29(34-17-21-7-9-25-27(14-21)42-18-41-25)22(19(2)23(16-33)30(35)37)15-28-31(38)36(32(43)44-28)12-10-20-6-8-24(39-3)26(13-20)40-4/h6-9,13-15,34H,5,10-12,17-18H2,1-4H3/b28-15+. The zero-order valence-corrected chi connectivity index (χ0v) is 26.5. The van der Waals surface area contributed by atoms with Crippen molar-refractivity contribution >= 4 is 46.1 Å². The van der Waals surface area contributed by atoms with Crippen molar-refractivity contribution in [2.45, 2.75) is 39.8 Å². The highest BCUT2D eigenvalue weighted by molar-refractivity contribution is 8.26. The van der Waals surface area contributed by atoms with E-state index in [4.69, 9.17) is 31.2 Å². The second-order valence-corrected chi connectivity index (χ2v) is 11.8. The molecule has 2 aliphatic rings. The Morgan fingerprint density at radius 2 is 1.82 bits per heavy atom. The fourth-order valence-corrected chi connectivity index (χ4v) is 6.42. The van der Waals surface area contributed by atoms with Crippen LogP contribution in [0.2, 0.25) is 0 Å². The van der Waals surface area contributed by atoms with E-state index >= 15 is 0 Å². The lowest BCUT2D eigenvalue weighted by Crippen LogP contribution is -2.30. The number of carbonyl (C=O) groups excluding carboxylic acids is 1. The molecule has 1 fully saturated rings. The van der Waals surface area contributed by atoms with Crippen molar-refractivity contribution in [3.05, 3.63) is 79.5 Å². The Labute approximate surface area is 265 Å². The quantitative estimate of drug-likeness (QED) is 0.222. The minimum absolute atomic E-state index is 0.0438. The minimum Gasteiger partial charge on any atom is -0.493 e. The first-order valence-electron chi connectivity index (χ1n) is 14.1. The van der Waals surface area contributed by atoms with Crippen LogP contribution in [0, 0.1) is 18.3 Å². The van der Waals surface area contributed by atoms with Gasteiger partial charge in [-0.3, -0.25) is 19.1 Å². The molecule has 2 aromatic carbocycles. The van der Waals surface area contributed by atoms with Gasteiger partial charge in [-0.25, -0.2) is 0 Å². The number of hydrogen-bond acceptors (Lipinski definition) is 10. The van der Waals surface area contributed by atoms with Crippen LogP contribution in [0.15, 0.2) is 46.1 Å². The number of benzene rings is 2. The summed E-state index contributed by atoms with van der Waals surface area (Å²) in [5.41, 5.74) is 2.64. The predicted octanol–water partition coefficient (Wildman–Crippen LogP) is 5.24. The summed E-state index contributed by atoms with van der Waals surface area (Å²) in [5, 5.41) is 13.3. The van der Waals surface area contributed by atoms with Crippen LogP contribution in [0.4, 0.5) is 5.82 Å². The van der Waals surface area contributed by atoms with Gasteiger partial charge in [0.05, 0.1) is 19.1 Å². The number of nitrogens with zero attached hydrogens (tertiary/aromatic N) is 3. The summed E-state index contributed by atoms with van der Waals surface area (Å²) in [6.07, 6.45) is 2.96. The van der Waals surface area contributed by atoms with Gasteiger partial charge < -0.3 is 24.3 Å². The zero-order chi connectivity index (χ0) is 31.4. The van der Waals surface area contributed by atoms with Crippen LogP contribution in [0.3, 0.4) is 0 Å². The summed E-state index contributed by atoms with van der Waals surface area (Å²) in [6, 6.07) is 13.4. The molecular weight excluding hydrogens is 601 g/mol. The van der Waals surface area contributed by atoms with Crippen LogP contribution in [-0.4, -0.2) is 47.3 Å². The van der Waals surface area contributed by atoms with Crippen molar-refractivity contribution in [1.29, 1.82) is 5.26 Å². The molecule has 1 saturated heterocycles. The van der Waals surface area contributed by atoms with E-state index in [1.54, 1.807) is 36.7 Å². The van der Waals surface area contributed by atoms with Gasteiger partial charge in [-0.2, -0.15) is 5.26 Å². The molecule has 1 aromatic heterocycles. The van der Waals surface area contributed by atoms with E-state index in [0.29, 0.717) is 81.6 Å². The molecule has 0 atom stereocenters. The fraction of sp³-hybridized carbons (Fsp3) is 0.312. The van der Waals surface area contributed by atoms with E-state index < -0.39 is 0 Å². The molecule has 1 N–H and O–H groups in total. The molecule has 0 unspecified atom stereocenters. The van der Waals surface area contributed by atoms with E-state index in [-0.39, 0.29) is 23.8 Å². The molecule has 10 nitrogen and oxygen atoms in total. The minimum atomic E-state index is -0.375. The number of amides is 1. The number of hydrogen-bond donors (Lipinski definition) is 1. The average Bonchev–Trinajstić information content (AvgIpc) is 3.60. The largest absolute Gasteiger partial charge is 0.493 e. The van der Waals surface area contributed by atoms with Crippen LogP contribution in [0.1, 0.15) is 41.2 Å². The molecule has 44 heavy (non-hydrogen) atoms. The molecular formula is C32H32N4O6S2. The second-order valence-electron chi connectivity index (χ2n) is 10.1. The topological polar surface area (TPSA) is 115 Å². The van der Waals surface area contributed by atoms with Gasteiger partial charge in [-0.05, 0) is 66.8 Å². The molecule has 228 valence electrons. The van der Waals surface area contributed by atoms with Crippen LogP contribution >= 0.6 is 24.0 Å². The van der Waals surface area contributed by atoms with Gasteiger partial charge in [0.25, 0.3) is 11.5 Å². The van der Waals surface area contributed by atoms with Crippen LogP contribution in [0.25, 0.3) is 6.08 Å². The number of rotatable bonds is 11. The maximum Gasteiger partial charge on any atom is 0.270 e. The van der Waals surface area contributed by atoms with E-state index in [1.807, 2.05) is 43.3 Å². The number of ether oxygens (including phenoxy) is 4. The van der Waals surface area contributed by atoms with Gasteiger partial charge in [0, 0.05) is 25.2 Å². The Morgan fingerprint density at radius 3 is 2.55 bits per heavy atom. The molecule has 5 rings (SSSR count). The Hall–Kier alpha value is -4.47. The lowest BCUT2D eigenvalue weighted by molar-refractivity contribution is -0.122. The summed E-state index contributed by atoms with van der Waals surface area (Å²) in [5.74, 6) is 2.88. The number of aromatic nitrogens is 1. The number of thiocarbonyl (C=S) groups is 1. The summed E-state index contributed by atoms with van der Waals surface area (Å²) in [4.78, 5) is 29.0. The third kappa shape index (κ3) is 6.11. The number of nitriles is 1. The Balaban J connectivity index is 1.46. The van der Waals surface area contributed by atoms with Crippen LogP contribution in [-0.2, 0) is 24.3 Å². The number of pyridine rings is 1. The average molecular weight is 633 g/mol. The lowest BCUT2D eigenvalue weighted by atomic mass is 10.0. The monoisotopic (exact) mass is 632 g/mol. The number of anilines is 1. The smallest absolute Gasteiger partial charge is 0.270 e. The van der Waals surface area contributed by atoms with Crippen molar-refractivity contribution in [3.8, 4) is 29.1 Å². The SMILES string of the molecule is CCCn1c(NCc2ccc3c(c2)OCO3)c(/C=C2/SC(=S)N(CCc3ccc(OC)c(OC)c3)C2=O)c(C)c(C#N)c1=O. The first-order chi connectivity index (χ1) is 21.3. The maximum atomic E-state index is 13.6. The van der Waals surface area contributed by atoms with Crippen molar-refractivity contribution < 1.29 is 23.7 Å². The summed E-state index contributed by atoms with van der Waals surface area (Å²) >= 11 is 6.81. The first-order valence-corrected chi connectivity index (χ1v) is 15.3. The second kappa shape index (κ2) is 13.4. The lowest BCUT2D eigenvalue weighted by Gasteiger charge is -2.20. The number of carbonyl (C=O) groups is 1. The third-order valence-electron chi connectivity index (χ3n) is 7.44. The van der Waals surface area contributed by atoms with Gasteiger partial charge in [-0.1, -0.05) is 43.0 Å². The van der Waals surface area contributed by atoms with E-state index in [2.05, 4.69) is 11.4 Å². The molecule has 0 bridgehead atoms. The highest BCUT2D eigenvalue weighted by atomic mass is 32.2. The number of methoxy groups -OCH3 is 2. The molecule has 3 heterocycles. The Morgan fingerprint density at radius 1 is 1.07 bits per heavy atom. The molecule has 0 aliphatic carbocycles. The Kier molecular flexibility index (Phi) is 9.46. The molecule has 3 aromatic rings. The van der Waals surface area contributed by atoms with Gasteiger partial charge in [0.15, 0.2) is 23.0 Å². The molecule has 0 saturated carbocycles. The van der Waals surface area contributed by atoms with E-state index in [0.717, 1.165) is 11.1 Å². The molecule has 1 amide bonds. The summed E-state index contributed by atoms with van der Waals surface area (Å²) < 4.78 is 23.7. The van der Waals surface area contributed by atoms with Gasteiger partial charge in [0.1, 0.15) is 21.8 Å². The van der Waals surface area contributed by atoms with Crippen molar-refractivity contribution in [2.24, 2.45) is 0 Å². The maximum absolute atomic E-state index is 13.6. The van der Waals surface area contributed by atoms with Crippen molar-refractivity contribution in [3.63, 3.8) is 0 Å². The fourth-order valence-electron chi connectivity index (χ4n) is 5.13. The number of thioether (sulfide) groups is 1. The van der Waals surface area contributed by atoms with Gasteiger partial charge in [-0.15, -0.1) is 0 Å². The highest BCUT2D eigenvalue weighted by Gasteiger charge is 2.32. The highest BCUT2D eigenvalue weighted by Crippen LogP contribution is 2.36. The molecule has 12 heteroatoms. The Bertz CT molecular complexity index is 1760. The zero-order valence-electron chi connectivity index (χ0n) is 24.9.